The summed E-state index contributed by atoms with van der Waals surface area (Å²) >= 11 is 3.62. The van der Waals surface area contributed by atoms with Gasteiger partial charge in [0, 0.05) is 10.4 Å². The monoisotopic (exact) mass is 378 g/mol. The molecule has 1 fully saturated rings. The maximum atomic E-state index is 6.46. The number of hydrogen-bond acceptors (Lipinski definition) is 1. The first kappa shape index (κ1) is 14.7. The van der Waals surface area contributed by atoms with Crippen molar-refractivity contribution >= 4 is 21.5 Å². The third-order valence-corrected chi connectivity index (χ3v) is 6.11. The molecule has 3 aliphatic rings. The van der Waals surface area contributed by atoms with Crippen molar-refractivity contribution in [1.82, 2.24) is 0 Å². The lowest BCUT2D eigenvalue weighted by molar-refractivity contribution is 0.0544. The summed E-state index contributed by atoms with van der Waals surface area (Å²) in [5.41, 5.74) is 5.30. The van der Waals surface area contributed by atoms with Gasteiger partial charge in [0.25, 0.3) is 0 Å². The van der Waals surface area contributed by atoms with E-state index in [4.69, 9.17) is 4.74 Å². The average molecular weight is 379 g/mol. The maximum Gasteiger partial charge on any atom is 0.0905 e. The minimum Gasteiger partial charge on any atom is -0.365 e. The van der Waals surface area contributed by atoms with Crippen LogP contribution in [0.4, 0.5) is 0 Å². The van der Waals surface area contributed by atoms with Gasteiger partial charge in [-0.15, -0.1) is 0 Å². The van der Waals surface area contributed by atoms with Gasteiger partial charge in [-0.25, -0.2) is 0 Å². The number of hydrogen-bond donors (Lipinski definition) is 0. The summed E-state index contributed by atoms with van der Waals surface area (Å²) in [4.78, 5) is 0. The Morgan fingerprint density at radius 3 is 2.88 bits per heavy atom. The zero-order valence-corrected chi connectivity index (χ0v) is 14.9. The molecule has 0 aromatic heterocycles. The summed E-state index contributed by atoms with van der Waals surface area (Å²) in [5, 5.41) is 0. The number of halogens is 1. The Morgan fingerprint density at radius 2 is 1.96 bits per heavy atom. The number of benzene rings is 2. The zero-order chi connectivity index (χ0) is 16.1. The largest absolute Gasteiger partial charge is 0.365 e. The van der Waals surface area contributed by atoms with Crippen LogP contribution in [0.15, 0.2) is 71.2 Å². The SMILES string of the molecule is Brc1cccc(C2=CC3C(OC4C=CCCC43)c3ccccc32)c1. The second-order valence-electron chi connectivity index (χ2n) is 6.95. The summed E-state index contributed by atoms with van der Waals surface area (Å²) in [6.07, 6.45) is 9.93. The molecular formula is C22H19BrO. The van der Waals surface area contributed by atoms with Gasteiger partial charge in [-0.1, -0.05) is 70.6 Å². The number of rotatable bonds is 1. The topological polar surface area (TPSA) is 9.23 Å². The molecule has 0 spiro atoms. The molecule has 5 rings (SSSR count). The molecule has 2 aliphatic carbocycles. The molecule has 1 aliphatic heterocycles. The van der Waals surface area contributed by atoms with Crippen molar-refractivity contribution < 1.29 is 4.74 Å². The molecule has 2 aromatic carbocycles. The predicted octanol–water partition coefficient (Wildman–Crippen LogP) is 5.92. The van der Waals surface area contributed by atoms with Gasteiger partial charge in [-0.2, -0.15) is 0 Å². The van der Waals surface area contributed by atoms with Crippen LogP contribution in [0, 0.1) is 11.8 Å². The van der Waals surface area contributed by atoms with Crippen molar-refractivity contribution in [2.75, 3.05) is 0 Å². The zero-order valence-electron chi connectivity index (χ0n) is 13.4. The molecule has 24 heavy (non-hydrogen) atoms. The highest BCUT2D eigenvalue weighted by atomic mass is 79.9. The molecule has 2 heteroatoms. The minimum atomic E-state index is 0.204. The molecule has 1 heterocycles. The molecule has 0 amide bonds. The second-order valence-corrected chi connectivity index (χ2v) is 7.86. The maximum absolute atomic E-state index is 6.46. The molecule has 120 valence electrons. The normalized spacial score (nSPS) is 30.3. The lowest BCUT2D eigenvalue weighted by Crippen LogP contribution is -2.22. The molecule has 0 saturated carbocycles. The summed E-state index contributed by atoms with van der Waals surface area (Å²) in [6.45, 7) is 0. The number of allylic oxidation sites excluding steroid dienone is 1. The van der Waals surface area contributed by atoms with Gasteiger partial charge >= 0.3 is 0 Å². The fraction of sp³-hybridized carbons (Fsp3) is 0.273. The lowest BCUT2D eigenvalue weighted by atomic mass is 9.73. The van der Waals surface area contributed by atoms with Crippen molar-refractivity contribution in [3.63, 3.8) is 0 Å². The molecule has 0 bridgehead atoms. The van der Waals surface area contributed by atoms with Crippen molar-refractivity contribution in [1.29, 1.82) is 0 Å². The van der Waals surface area contributed by atoms with E-state index >= 15 is 0 Å². The second kappa shape index (κ2) is 5.72. The van der Waals surface area contributed by atoms with Crippen LogP contribution < -0.4 is 0 Å². The third kappa shape index (κ3) is 2.24. The molecule has 0 N–H and O–H groups in total. The third-order valence-electron chi connectivity index (χ3n) is 5.61. The molecule has 4 atom stereocenters. The highest BCUT2D eigenvalue weighted by Crippen LogP contribution is 2.52. The van der Waals surface area contributed by atoms with Gasteiger partial charge in [0.2, 0.25) is 0 Å². The van der Waals surface area contributed by atoms with Gasteiger partial charge in [0.1, 0.15) is 0 Å². The number of fused-ring (bicyclic) bond motifs is 5. The van der Waals surface area contributed by atoms with E-state index < -0.39 is 0 Å². The van der Waals surface area contributed by atoms with E-state index in [9.17, 15) is 0 Å². The summed E-state index contributed by atoms with van der Waals surface area (Å²) in [7, 11) is 0. The van der Waals surface area contributed by atoms with Crippen LogP contribution in [-0.2, 0) is 4.74 Å². The smallest absolute Gasteiger partial charge is 0.0905 e. The lowest BCUT2D eigenvalue weighted by Gasteiger charge is -2.29. The standard InChI is InChI=1S/C22H19BrO/c23-15-7-5-6-14(12-15)19-13-20-17-9-3-4-11-21(17)24-22(20)18-10-2-1-8-16(18)19/h1-2,4-8,10-13,17,20-22H,3,9H2. The van der Waals surface area contributed by atoms with Gasteiger partial charge in [0.15, 0.2) is 0 Å². The summed E-state index contributed by atoms with van der Waals surface area (Å²) in [6, 6.07) is 17.4. The Balaban J connectivity index is 1.68. The molecule has 2 aromatic rings. The first-order valence-electron chi connectivity index (χ1n) is 8.70. The van der Waals surface area contributed by atoms with Crippen molar-refractivity contribution in [2.45, 2.75) is 25.0 Å². The Bertz CT molecular complexity index is 851. The van der Waals surface area contributed by atoms with E-state index in [1.807, 2.05) is 0 Å². The Hall–Kier alpha value is -1.64. The molecule has 1 nitrogen and oxygen atoms in total. The molecule has 4 unspecified atom stereocenters. The van der Waals surface area contributed by atoms with Gasteiger partial charge in [-0.05, 0) is 53.2 Å². The highest BCUT2D eigenvalue weighted by Gasteiger charge is 2.46. The van der Waals surface area contributed by atoms with Crippen LogP contribution in [0.1, 0.15) is 35.6 Å². The molecular weight excluding hydrogens is 360 g/mol. The van der Waals surface area contributed by atoms with E-state index in [1.54, 1.807) is 0 Å². The Morgan fingerprint density at radius 1 is 1.04 bits per heavy atom. The first-order valence-corrected chi connectivity index (χ1v) is 9.50. The minimum absolute atomic E-state index is 0.204. The van der Waals surface area contributed by atoms with Crippen LogP contribution in [0.5, 0.6) is 0 Å². The van der Waals surface area contributed by atoms with Gasteiger partial charge < -0.3 is 4.74 Å². The fourth-order valence-electron chi connectivity index (χ4n) is 4.54. The Kier molecular flexibility index (Phi) is 3.50. The fourth-order valence-corrected chi connectivity index (χ4v) is 4.94. The number of ether oxygens (including phenoxy) is 1. The highest BCUT2D eigenvalue weighted by molar-refractivity contribution is 9.10. The summed E-state index contributed by atoms with van der Waals surface area (Å²) in [5.74, 6) is 1.08. The Labute approximate surface area is 151 Å². The van der Waals surface area contributed by atoms with E-state index in [1.165, 1.54) is 35.1 Å². The van der Waals surface area contributed by atoms with E-state index in [0.717, 1.165) is 4.47 Å². The van der Waals surface area contributed by atoms with E-state index in [0.29, 0.717) is 11.8 Å². The van der Waals surface area contributed by atoms with Crippen LogP contribution >= 0.6 is 15.9 Å². The predicted molar refractivity (Wildman–Crippen MR) is 101 cm³/mol. The first-order chi connectivity index (χ1) is 11.8. The van der Waals surface area contributed by atoms with Crippen molar-refractivity contribution in [3.05, 3.63) is 87.9 Å². The van der Waals surface area contributed by atoms with Crippen LogP contribution in [0.25, 0.3) is 5.57 Å². The van der Waals surface area contributed by atoms with Crippen LogP contribution in [-0.4, -0.2) is 6.10 Å². The van der Waals surface area contributed by atoms with E-state index in [2.05, 4.69) is 82.7 Å². The van der Waals surface area contributed by atoms with Crippen LogP contribution in [0.2, 0.25) is 0 Å². The quantitative estimate of drug-likeness (QED) is 0.559. The van der Waals surface area contributed by atoms with Gasteiger partial charge in [0.05, 0.1) is 12.2 Å². The van der Waals surface area contributed by atoms with Crippen molar-refractivity contribution in [3.8, 4) is 0 Å². The summed E-state index contributed by atoms with van der Waals surface area (Å²) < 4.78 is 7.59. The van der Waals surface area contributed by atoms with Gasteiger partial charge in [-0.3, -0.25) is 0 Å². The average Bonchev–Trinajstić information content (AvgIpc) is 3.00. The van der Waals surface area contributed by atoms with E-state index in [-0.39, 0.29) is 12.2 Å². The molecule has 0 radical (unpaired) electrons. The van der Waals surface area contributed by atoms with Crippen molar-refractivity contribution in [2.24, 2.45) is 11.8 Å². The molecule has 1 saturated heterocycles. The van der Waals surface area contributed by atoms with Crippen LogP contribution in [0.3, 0.4) is 0 Å².